The molecule has 8 rings (SSSR count). The number of hydrogen-bond donors (Lipinski definition) is 2. The van der Waals surface area contributed by atoms with Crippen LogP contribution in [0.2, 0.25) is 0 Å². The summed E-state index contributed by atoms with van der Waals surface area (Å²) in [6.07, 6.45) is 2.21. The van der Waals surface area contributed by atoms with Crippen LogP contribution in [0.5, 0.6) is 11.5 Å². The van der Waals surface area contributed by atoms with Gasteiger partial charge in [-0.25, -0.2) is 19.0 Å². The van der Waals surface area contributed by atoms with Gasteiger partial charge < -0.3 is 20.7 Å². The molecule has 2 unspecified atom stereocenters. The van der Waals surface area contributed by atoms with E-state index < -0.39 is 24.0 Å². The summed E-state index contributed by atoms with van der Waals surface area (Å²) in [5.41, 5.74) is 10.9. The predicted molar refractivity (Wildman–Crippen MR) is 188 cm³/mol. The molecule has 260 valence electrons. The third kappa shape index (κ3) is 6.34. The number of nitrogens with two attached hydrogens (primary N) is 1. The molecule has 0 radical (unpaired) electrons. The number of nitrogens with zero attached hydrogens (tertiary/aromatic N) is 6. The van der Waals surface area contributed by atoms with Gasteiger partial charge in [0.25, 0.3) is 5.91 Å². The van der Waals surface area contributed by atoms with Crippen LogP contribution in [-0.4, -0.2) is 85.4 Å². The number of carbonyl (C=O) groups is 3. The van der Waals surface area contributed by atoms with Crippen LogP contribution in [0.1, 0.15) is 46.8 Å². The minimum absolute atomic E-state index is 0.0279. The number of amides is 1. The van der Waals surface area contributed by atoms with Gasteiger partial charge >= 0.3 is 0 Å². The van der Waals surface area contributed by atoms with Crippen LogP contribution >= 0.6 is 0 Å². The third-order valence-corrected chi connectivity index (χ3v) is 10.2. The molecular weight excluding hydrogens is 651 g/mol. The Hall–Kier alpha value is -5.53. The number of carbonyl (C=O) groups excluding carboxylic acids is 3. The molecule has 3 aliphatic heterocycles. The minimum atomic E-state index is -1.22. The van der Waals surface area contributed by atoms with Crippen LogP contribution in [0.25, 0.3) is 22.3 Å². The van der Waals surface area contributed by atoms with Gasteiger partial charge in [0, 0.05) is 49.9 Å². The van der Waals surface area contributed by atoms with Gasteiger partial charge in [0.15, 0.2) is 11.9 Å². The zero-order valence-corrected chi connectivity index (χ0v) is 27.8. The highest BCUT2D eigenvalue weighted by Crippen LogP contribution is 2.36. The number of rotatable bonds is 9. The van der Waals surface area contributed by atoms with Crippen molar-refractivity contribution < 1.29 is 23.5 Å². The molecule has 2 saturated heterocycles. The smallest absolute Gasteiger partial charge is 0.254 e. The van der Waals surface area contributed by atoms with E-state index in [4.69, 9.17) is 15.6 Å². The molecule has 0 bridgehead atoms. The average molecular weight is 689 g/mol. The zero-order chi connectivity index (χ0) is 35.1. The molecule has 0 saturated carbocycles. The fourth-order valence-electron chi connectivity index (χ4n) is 7.59. The Labute approximate surface area is 293 Å². The number of nitrogens with one attached hydrogen (secondary N) is 1. The van der Waals surface area contributed by atoms with Crippen LogP contribution in [0.3, 0.4) is 0 Å². The number of nitrogen functional groups attached to an aromatic ring is 1. The largest absolute Gasteiger partial charge is 0.457 e. The number of Topliss-reactive ketones (excluding diaryl/α,β-unsaturated/α-hetero) is 1. The number of benzene rings is 3. The Morgan fingerprint density at radius 2 is 1.82 bits per heavy atom. The third-order valence-electron chi connectivity index (χ3n) is 10.2. The Morgan fingerprint density at radius 1 is 1.02 bits per heavy atom. The number of hydrogen-bond acceptors (Lipinski definition) is 10. The van der Waals surface area contributed by atoms with Gasteiger partial charge in [0.1, 0.15) is 35.5 Å². The lowest BCUT2D eigenvalue weighted by Crippen LogP contribution is -2.52. The second-order valence-electron chi connectivity index (χ2n) is 13.4. The molecule has 13 heteroatoms. The van der Waals surface area contributed by atoms with E-state index >= 15 is 4.39 Å². The molecular formula is C38H37FN8O4. The standard InChI is InChI=1S/C38H37FN8O4/c39-30-20-45(18-23-6-12-29-25(16-23)19-46(38(29)50)26-9-13-31(41-17-26)33(49)21-48)15-14-32(30)47-37-34(36(40)42-22-43-37)35(44-47)24-7-10-28(11-8-24)51-27-4-2-1-3-5-27/h1-8,10-12,16,21-22,26,30-32,41H,9,13-15,17-20H2,(H2,40,42,43)/t26?,30-,31?,32+/m0/s1. The van der Waals surface area contributed by atoms with E-state index in [1.165, 1.54) is 6.33 Å². The van der Waals surface area contributed by atoms with Crippen LogP contribution in [-0.2, 0) is 22.7 Å². The van der Waals surface area contributed by atoms with Crippen LogP contribution in [0, 0.1) is 0 Å². The van der Waals surface area contributed by atoms with E-state index in [0.717, 1.165) is 22.4 Å². The van der Waals surface area contributed by atoms with Crippen molar-refractivity contribution >= 4 is 34.8 Å². The topological polar surface area (TPSA) is 149 Å². The van der Waals surface area contributed by atoms with Crippen LogP contribution in [0.15, 0.2) is 79.1 Å². The van der Waals surface area contributed by atoms with Crippen molar-refractivity contribution in [2.24, 2.45) is 0 Å². The number of para-hydroxylation sites is 1. The van der Waals surface area contributed by atoms with E-state index in [2.05, 4.69) is 20.2 Å². The predicted octanol–water partition coefficient (Wildman–Crippen LogP) is 4.50. The average Bonchev–Trinajstić information content (AvgIpc) is 3.70. The highest BCUT2D eigenvalue weighted by atomic mass is 19.1. The molecule has 2 aromatic heterocycles. The van der Waals surface area contributed by atoms with Crippen molar-refractivity contribution in [3.8, 4) is 22.8 Å². The van der Waals surface area contributed by atoms with Crippen molar-refractivity contribution in [3.05, 3.63) is 95.8 Å². The first-order valence-corrected chi connectivity index (χ1v) is 17.2. The summed E-state index contributed by atoms with van der Waals surface area (Å²) >= 11 is 0. The summed E-state index contributed by atoms with van der Waals surface area (Å²) in [4.78, 5) is 48.5. The lowest BCUT2D eigenvalue weighted by Gasteiger charge is -2.35. The summed E-state index contributed by atoms with van der Waals surface area (Å²) in [5.74, 6) is 1.21. The molecule has 2 fully saturated rings. The lowest BCUT2D eigenvalue weighted by molar-refractivity contribution is -0.131. The summed E-state index contributed by atoms with van der Waals surface area (Å²) in [6.45, 7) is 2.35. The number of piperidine rings is 2. The van der Waals surface area contributed by atoms with E-state index in [9.17, 15) is 14.4 Å². The number of anilines is 1. The number of ketones is 1. The quantitative estimate of drug-likeness (QED) is 0.168. The minimum Gasteiger partial charge on any atom is -0.457 e. The summed E-state index contributed by atoms with van der Waals surface area (Å²) in [7, 11) is 0. The second kappa shape index (κ2) is 13.6. The number of fused-ring (bicyclic) bond motifs is 2. The molecule has 4 atom stereocenters. The number of likely N-dealkylation sites (tertiary alicyclic amines) is 1. The Balaban J connectivity index is 0.943. The molecule has 12 nitrogen and oxygen atoms in total. The number of halogens is 1. The van der Waals surface area contributed by atoms with Crippen molar-refractivity contribution in [2.75, 3.05) is 25.4 Å². The fourth-order valence-corrected chi connectivity index (χ4v) is 7.59. The van der Waals surface area contributed by atoms with Crippen molar-refractivity contribution in [3.63, 3.8) is 0 Å². The van der Waals surface area contributed by atoms with Crippen LogP contribution in [0.4, 0.5) is 10.2 Å². The fraction of sp³-hybridized carbons (Fsp3) is 0.316. The molecule has 3 aliphatic rings. The van der Waals surface area contributed by atoms with E-state index in [-0.39, 0.29) is 24.3 Å². The number of alkyl halides is 1. The van der Waals surface area contributed by atoms with Crippen molar-refractivity contribution in [1.82, 2.24) is 34.9 Å². The SMILES string of the molecule is Nc1ncnc2c1c(-c1ccc(Oc3ccccc3)cc1)nn2[C@@H]1CCN(Cc2ccc3c(c2)CN(C2CCC(C(=O)C=O)NC2)C3=O)C[C@@H]1F. The first-order chi connectivity index (χ1) is 24.9. The van der Waals surface area contributed by atoms with Gasteiger partial charge in [-0.2, -0.15) is 5.10 Å². The molecule has 0 aliphatic carbocycles. The molecule has 1 amide bonds. The molecule has 0 spiro atoms. The maximum Gasteiger partial charge on any atom is 0.254 e. The second-order valence-corrected chi connectivity index (χ2v) is 13.4. The highest BCUT2D eigenvalue weighted by molar-refractivity contribution is 6.27. The zero-order valence-electron chi connectivity index (χ0n) is 27.8. The van der Waals surface area contributed by atoms with Gasteiger partial charge in [0.2, 0.25) is 5.78 Å². The van der Waals surface area contributed by atoms with Gasteiger partial charge in [-0.1, -0.05) is 30.3 Å². The highest BCUT2D eigenvalue weighted by Gasteiger charge is 2.37. The normalized spacial score (nSPS) is 22.2. The first kappa shape index (κ1) is 32.7. The number of aldehydes is 1. The summed E-state index contributed by atoms with van der Waals surface area (Å²) in [5, 5.41) is 8.59. The molecule has 5 aromatic rings. The maximum atomic E-state index is 16.1. The molecule has 5 heterocycles. The molecule has 51 heavy (non-hydrogen) atoms. The molecule has 3 aromatic carbocycles. The Bertz CT molecular complexity index is 2100. The maximum absolute atomic E-state index is 16.1. The monoisotopic (exact) mass is 688 g/mol. The van der Waals surface area contributed by atoms with Crippen LogP contribution < -0.4 is 15.8 Å². The van der Waals surface area contributed by atoms with Gasteiger partial charge in [-0.15, -0.1) is 0 Å². The van der Waals surface area contributed by atoms with E-state index in [1.807, 2.05) is 77.7 Å². The van der Waals surface area contributed by atoms with Crippen molar-refractivity contribution in [1.29, 1.82) is 0 Å². The summed E-state index contributed by atoms with van der Waals surface area (Å²) in [6, 6.07) is 21.8. The Morgan fingerprint density at radius 3 is 2.57 bits per heavy atom. The Kier molecular flexibility index (Phi) is 8.74. The van der Waals surface area contributed by atoms with Crippen molar-refractivity contribution in [2.45, 2.75) is 56.6 Å². The van der Waals surface area contributed by atoms with Gasteiger partial charge in [-0.3, -0.25) is 19.3 Å². The first-order valence-electron chi connectivity index (χ1n) is 17.2. The van der Waals surface area contributed by atoms with Gasteiger partial charge in [-0.05, 0) is 72.9 Å². The molecule has 3 N–H and O–H groups in total. The number of ether oxygens (including phenoxy) is 1. The van der Waals surface area contributed by atoms with E-state index in [0.29, 0.717) is 79.8 Å². The van der Waals surface area contributed by atoms with E-state index in [1.54, 1.807) is 4.68 Å². The lowest BCUT2D eigenvalue weighted by atomic mass is 9.97. The number of aromatic nitrogens is 4. The van der Waals surface area contributed by atoms with Gasteiger partial charge in [0.05, 0.1) is 17.5 Å². The summed E-state index contributed by atoms with van der Waals surface area (Å²) < 4.78 is 23.7.